The van der Waals surface area contributed by atoms with Gasteiger partial charge in [-0.25, -0.2) is 0 Å². The first-order chi connectivity index (χ1) is 10.7. The molecular weight excluding hydrogens is 294 g/mol. The Morgan fingerprint density at radius 3 is 2.86 bits per heavy atom. The Labute approximate surface area is 130 Å². The van der Waals surface area contributed by atoms with Gasteiger partial charge in [0.2, 0.25) is 0 Å². The molecule has 3 nitrogen and oxygen atoms in total. The predicted molar refractivity (Wildman–Crippen MR) is 88.8 cm³/mol. The van der Waals surface area contributed by atoms with Crippen LogP contribution >= 0.6 is 0 Å². The van der Waals surface area contributed by atoms with Gasteiger partial charge in [-0.2, -0.15) is 0 Å². The van der Waals surface area contributed by atoms with Gasteiger partial charge in [-0.15, -0.1) is 0 Å². The maximum absolute atomic E-state index is 12.2. The fourth-order valence-electron chi connectivity index (χ4n) is 2.98. The molecule has 3 aromatic rings. The summed E-state index contributed by atoms with van der Waals surface area (Å²) in [4.78, 5) is 16.1. The topological polar surface area (TPSA) is 49.9 Å². The minimum atomic E-state index is -0.880. The highest BCUT2D eigenvalue weighted by Crippen LogP contribution is 2.24. The molecule has 0 aliphatic carbocycles. The van der Waals surface area contributed by atoms with Crippen LogP contribution in [0, 0.1) is 0 Å². The highest BCUT2D eigenvalue weighted by molar-refractivity contribution is 7.85. The Morgan fingerprint density at radius 1 is 1.09 bits per heavy atom. The first kappa shape index (κ1) is 13.5. The minimum absolute atomic E-state index is 0.0553. The van der Waals surface area contributed by atoms with Gasteiger partial charge in [0.25, 0.3) is 5.56 Å². The van der Waals surface area contributed by atoms with Crippen LogP contribution in [-0.2, 0) is 23.6 Å². The number of fused-ring (bicyclic) bond motifs is 2. The number of aromatic nitrogens is 1. The summed E-state index contributed by atoms with van der Waals surface area (Å²) in [5, 5.41) is 1.03. The highest BCUT2D eigenvalue weighted by atomic mass is 32.2. The second kappa shape index (κ2) is 5.21. The van der Waals surface area contributed by atoms with E-state index in [4.69, 9.17) is 0 Å². The molecule has 2 aromatic carbocycles. The van der Waals surface area contributed by atoms with Gasteiger partial charge in [-0.05, 0) is 41.1 Å². The van der Waals surface area contributed by atoms with E-state index in [1.807, 2.05) is 48.5 Å². The molecule has 1 N–H and O–H groups in total. The largest absolute Gasteiger partial charge is 0.322 e. The molecule has 0 saturated heterocycles. The van der Waals surface area contributed by atoms with E-state index in [9.17, 15) is 9.00 Å². The second-order valence-corrected chi connectivity index (χ2v) is 7.17. The van der Waals surface area contributed by atoms with E-state index in [2.05, 4.69) is 4.98 Å². The number of rotatable bonds is 2. The molecule has 1 unspecified atom stereocenters. The summed E-state index contributed by atoms with van der Waals surface area (Å²) in [6, 6.07) is 15.8. The van der Waals surface area contributed by atoms with Gasteiger partial charge >= 0.3 is 0 Å². The van der Waals surface area contributed by atoms with Gasteiger partial charge in [-0.3, -0.25) is 9.00 Å². The maximum atomic E-state index is 12.2. The van der Waals surface area contributed by atoms with E-state index >= 15 is 0 Å². The van der Waals surface area contributed by atoms with Crippen LogP contribution in [0.15, 0.2) is 58.2 Å². The molecule has 0 amide bonds. The number of pyridine rings is 1. The summed E-state index contributed by atoms with van der Waals surface area (Å²) in [5.41, 5.74) is 3.75. The summed E-state index contributed by atoms with van der Waals surface area (Å²) in [7, 11) is -0.880. The van der Waals surface area contributed by atoms with Crippen LogP contribution in [-0.4, -0.2) is 14.9 Å². The number of H-pyrrole nitrogens is 1. The van der Waals surface area contributed by atoms with E-state index in [1.54, 1.807) is 0 Å². The van der Waals surface area contributed by atoms with Crippen LogP contribution in [0.5, 0.6) is 0 Å². The normalized spacial score (nSPS) is 16.8. The number of hydrogen-bond acceptors (Lipinski definition) is 2. The third-order valence-corrected chi connectivity index (χ3v) is 5.60. The van der Waals surface area contributed by atoms with E-state index in [1.165, 1.54) is 5.56 Å². The van der Waals surface area contributed by atoms with Crippen LogP contribution in [0.3, 0.4) is 0 Å². The van der Waals surface area contributed by atoms with Crippen molar-refractivity contribution in [2.24, 2.45) is 0 Å². The fraction of sp³-hybridized carbons (Fsp3) is 0.167. The van der Waals surface area contributed by atoms with Crippen LogP contribution in [0.2, 0.25) is 0 Å². The maximum Gasteiger partial charge on any atom is 0.251 e. The van der Waals surface area contributed by atoms with Crippen LogP contribution < -0.4 is 5.56 Å². The number of benzene rings is 2. The summed E-state index contributed by atoms with van der Waals surface area (Å²) in [5.74, 6) is 0.718. The lowest BCUT2D eigenvalue weighted by atomic mass is 10.0. The summed E-state index contributed by atoms with van der Waals surface area (Å²) >= 11 is 0. The van der Waals surface area contributed by atoms with E-state index in [-0.39, 0.29) is 5.56 Å². The van der Waals surface area contributed by atoms with Crippen molar-refractivity contribution in [3.63, 3.8) is 0 Å². The quantitative estimate of drug-likeness (QED) is 0.791. The van der Waals surface area contributed by atoms with Crippen molar-refractivity contribution in [1.82, 2.24) is 4.98 Å². The molecule has 1 aromatic heterocycles. The molecule has 110 valence electrons. The van der Waals surface area contributed by atoms with Gasteiger partial charge in [0.1, 0.15) is 0 Å². The number of aromatic amines is 1. The average Bonchev–Trinajstić information content (AvgIpc) is 2.89. The molecule has 0 radical (unpaired) electrons. The van der Waals surface area contributed by atoms with Crippen LogP contribution in [0.1, 0.15) is 16.7 Å². The Kier molecular flexibility index (Phi) is 3.19. The molecule has 1 aliphatic rings. The third kappa shape index (κ3) is 2.29. The fourth-order valence-corrected chi connectivity index (χ4v) is 4.35. The molecule has 4 heteroatoms. The first-order valence-corrected chi connectivity index (χ1v) is 8.64. The van der Waals surface area contributed by atoms with Crippen molar-refractivity contribution in [3.8, 4) is 0 Å². The Morgan fingerprint density at radius 2 is 1.95 bits per heavy atom. The van der Waals surface area contributed by atoms with Crippen LogP contribution in [0.4, 0.5) is 0 Å². The SMILES string of the molecule is O=c1[nH]c2ccccc2cc1Cc1ccc2c(c1)S(=O)CC2. The smallest absolute Gasteiger partial charge is 0.251 e. The van der Waals surface area contributed by atoms with Gasteiger partial charge < -0.3 is 4.98 Å². The zero-order valence-electron chi connectivity index (χ0n) is 12.0. The molecule has 22 heavy (non-hydrogen) atoms. The molecule has 2 heterocycles. The van der Waals surface area contributed by atoms with Crippen molar-refractivity contribution in [3.05, 3.63) is 75.6 Å². The van der Waals surface area contributed by atoms with E-state index in [0.717, 1.165) is 39.1 Å². The monoisotopic (exact) mass is 309 g/mol. The van der Waals surface area contributed by atoms with Crippen LogP contribution in [0.25, 0.3) is 10.9 Å². The summed E-state index contributed by atoms with van der Waals surface area (Å²) < 4.78 is 12.0. The Bertz CT molecular complexity index is 959. The highest BCUT2D eigenvalue weighted by Gasteiger charge is 2.18. The van der Waals surface area contributed by atoms with Gasteiger partial charge in [0.05, 0.1) is 10.8 Å². The Balaban J connectivity index is 1.75. The minimum Gasteiger partial charge on any atom is -0.322 e. The number of nitrogens with one attached hydrogen (secondary N) is 1. The molecule has 0 saturated carbocycles. The molecule has 1 aliphatic heterocycles. The summed E-state index contributed by atoms with van der Waals surface area (Å²) in [6.07, 6.45) is 1.45. The molecular formula is C18H15NO2S. The standard InChI is InChI=1S/C18H15NO2S/c20-18-15(11-14-3-1-2-4-16(14)19-18)9-12-5-6-13-7-8-22(21)17(13)10-12/h1-6,10-11H,7-9H2,(H,19,20). The van der Waals surface area contributed by atoms with E-state index < -0.39 is 10.8 Å². The Hall–Kier alpha value is -2.20. The average molecular weight is 309 g/mol. The molecule has 1 atom stereocenters. The van der Waals surface area contributed by atoms with Crippen molar-refractivity contribution < 1.29 is 4.21 Å². The van der Waals surface area contributed by atoms with Gasteiger partial charge in [0.15, 0.2) is 0 Å². The zero-order valence-corrected chi connectivity index (χ0v) is 12.8. The molecule has 4 rings (SSSR count). The van der Waals surface area contributed by atoms with Crippen molar-refractivity contribution in [2.45, 2.75) is 17.7 Å². The lowest BCUT2D eigenvalue weighted by Crippen LogP contribution is -2.12. The predicted octanol–water partition coefficient (Wildman–Crippen LogP) is 2.78. The second-order valence-electron chi connectivity index (χ2n) is 5.63. The molecule has 0 spiro atoms. The molecule has 0 bridgehead atoms. The third-order valence-electron chi connectivity index (χ3n) is 4.16. The first-order valence-electron chi connectivity index (χ1n) is 7.32. The summed E-state index contributed by atoms with van der Waals surface area (Å²) in [6.45, 7) is 0. The lowest BCUT2D eigenvalue weighted by Gasteiger charge is -2.06. The van der Waals surface area contributed by atoms with Crippen molar-refractivity contribution >= 4 is 21.7 Å². The van der Waals surface area contributed by atoms with Gasteiger partial charge in [-0.1, -0.05) is 30.3 Å². The number of para-hydroxylation sites is 1. The van der Waals surface area contributed by atoms with Gasteiger partial charge in [0, 0.05) is 28.1 Å². The lowest BCUT2D eigenvalue weighted by molar-refractivity contribution is 0.685. The number of aryl methyl sites for hydroxylation is 1. The number of hydrogen-bond donors (Lipinski definition) is 1. The van der Waals surface area contributed by atoms with Crippen molar-refractivity contribution in [2.75, 3.05) is 5.75 Å². The molecule has 0 fully saturated rings. The zero-order chi connectivity index (χ0) is 15.1. The van der Waals surface area contributed by atoms with Crippen molar-refractivity contribution in [1.29, 1.82) is 0 Å². The van der Waals surface area contributed by atoms with E-state index in [0.29, 0.717) is 6.42 Å².